The maximum Gasteiger partial charge on any atom is 0.117 e. The van der Waals surface area contributed by atoms with E-state index >= 15 is 0 Å². The summed E-state index contributed by atoms with van der Waals surface area (Å²) in [6.07, 6.45) is 6.47. The van der Waals surface area contributed by atoms with E-state index in [4.69, 9.17) is 0 Å². The normalized spacial score (nSPS) is 18.3. The molecule has 3 N–H and O–H groups in total. The average molecular weight is 412 g/mol. The molecule has 3 aromatic rings. The van der Waals surface area contributed by atoms with Crippen molar-refractivity contribution >= 4 is 30.1 Å². The van der Waals surface area contributed by atoms with Gasteiger partial charge < -0.3 is 10.5 Å². The Morgan fingerprint density at radius 3 is 2.31 bits per heavy atom. The molecule has 1 heterocycles. The van der Waals surface area contributed by atoms with Gasteiger partial charge in [0, 0.05) is 29.4 Å². The first-order valence-electron chi connectivity index (χ1n) is 10.3. The summed E-state index contributed by atoms with van der Waals surface area (Å²) in [6.45, 7) is 6.10. The molecule has 0 spiro atoms. The zero-order valence-corrected chi connectivity index (χ0v) is 18.6. The van der Waals surface area contributed by atoms with Crippen molar-refractivity contribution in [1.82, 2.24) is 10.4 Å². The van der Waals surface area contributed by atoms with Gasteiger partial charge in [0.05, 0.1) is 5.52 Å². The molecule has 156 valence electrons. The predicted molar refractivity (Wildman–Crippen MR) is 128 cm³/mol. The number of phenolic OH excluding ortho intramolecular Hbond substituents is 1. The summed E-state index contributed by atoms with van der Waals surface area (Å²) in [4.78, 5) is 4.40. The maximum absolute atomic E-state index is 9.68. The average Bonchev–Trinajstić information content (AvgIpc) is 2.74. The van der Waals surface area contributed by atoms with Gasteiger partial charge in [0.15, 0.2) is 0 Å². The molecule has 2 aromatic carbocycles. The van der Waals surface area contributed by atoms with Crippen LogP contribution in [0.2, 0.25) is 0 Å². The second kappa shape index (κ2) is 11.1. The van der Waals surface area contributed by atoms with Crippen LogP contribution < -0.4 is 10.9 Å². The summed E-state index contributed by atoms with van der Waals surface area (Å²) < 4.78 is 0. The summed E-state index contributed by atoms with van der Waals surface area (Å²) in [5.41, 5.74) is 11.4. The van der Waals surface area contributed by atoms with Crippen molar-refractivity contribution < 1.29 is 5.11 Å². The lowest BCUT2D eigenvalue weighted by molar-refractivity contribution is 0.358. The van der Waals surface area contributed by atoms with Gasteiger partial charge in [0.2, 0.25) is 0 Å². The van der Waals surface area contributed by atoms with Crippen LogP contribution in [-0.4, -0.2) is 16.1 Å². The number of hydrogen-bond donors (Lipinski definition) is 3. The van der Waals surface area contributed by atoms with Gasteiger partial charge in [-0.1, -0.05) is 31.5 Å². The first-order chi connectivity index (χ1) is 13.7. The maximum atomic E-state index is 9.68. The fourth-order valence-corrected chi connectivity index (χ4v) is 3.89. The number of nitrogens with one attached hydrogen (secondary N) is 2. The third-order valence-corrected chi connectivity index (χ3v) is 5.40. The van der Waals surface area contributed by atoms with E-state index in [-0.39, 0.29) is 19.2 Å². The highest BCUT2D eigenvalue weighted by Crippen LogP contribution is 2.36. The van der Waals surface area contributed by atoms with Gasteiger partial charge in [-0.15, -0.1) is 0 Å². The first kappa shape index (κ1) is 23.0. The fraction of sp³-hybridized carbons (Fsp3) is 0.375. The van der Waals surface area contributed by atoms with Gasteiger partial charge in [0.25, 0.3) is 0 Å². The van der Waals surface area contributed by atoms with E-state index in [2.05, 4.69) is 53.1 Å². The van der Waals surface area contributed by atoms with Crippen molar-refractivity contribution in [3.63, 3.8) is 0 Å². The smallest absolute Gasteiger partial charge is 0.117 e. The molecule has 4 rings (SSSR count). The van der Waals surface area contributed by atoms with Crippen molar-refractivity contribution in [1.29, 1.82) is 0 Å². The molecule has 1 aliphatic rings. The lowest BCUT2D eigenvalue weighted by atomic mass is 9.81. The third-order valence-electron chi connectivity index (χ3n) is 5.40. The molecule has 0 amide bonds. The molecule has 4 nitrogen and oxygen atoms in total. The van der Waals surface area contributed by atoms with E-state index in [1.165, 1.54) is 16.5 Å². The van der Waals surface area contributed by atoms with Crippen LogP contribution in [0.3, 0.4) is 0 Å². The summed E-state index contributed by atoms with van der Waals surface area (Å²) in [5.74, 6) is 0.833. The molecule has 1 aromatic heterocycles. The lowest BCUT2D eigenvalue weighted by Crippen LogP contribution is -2.36. The summed E-state index contributed by atoms with van der Waals surface area (Å²) >= 11 is 0. The van der Waals surface area contributed by atoms with Crippen molar-refractivity contribution in [3.05, 3.63) is 65.9 Å². The van der Waals surface area contributed by atoms with Crippen LogP contribution in [0.15, 0.2) is 54.7 Å². The Balaban J connectivity index is 0.000000970. The minimum Gasteiger partial charge on any atom is -0.508 e. The number of fused-ring (bicyclic) bond motifs is 1. The second-order valence-corrected chi connectivity index (χ2v) is 7.29. The van der Waals surface area contributed by atoms with E-state index in [1.54, 1.807) is 12.1 Å². The molecule has 29 heavy (non-hydrogen) atoms. The largest absolute Gasteiger partial charge is 0.508 e. The van der Waals surface area contributed by atoms with Crippen molar-refractivity contribution in [2.24, 2.45) is 0 Å². The zero-order chi connectivity index (χ0) is 19.9. The van der Waals surface area contributed by atoms with Crippen LogP contribution >= 0.6 is 13.5 Å². The van der Waals surface area contributed by atoms with Gasteiger partial charge in [-0.3, -0.25) is 4.98 Å². The molecule has 5 heteroatoms. The molecule has 0 aliphatic heterocycles. The number of benzene rings is 2. The van der Waals surface area contributed by atoms with Crippen molar-refractivity contribution in [2.45, 2.75) is 58.4 Å². The van der Waals surface area contributed by atoms with Gasteiger partial charge in [0.1, 0.15) is 5.75 Å². The number of hydrogen-bond acceptors (Lipinski definition) is 4. The van der Waals surface area contributed by atoms with Crippen LogP contribution in [0.1, 0.15) is 56.6 Å². The number of aromatic hydroxyl groups is 1. The molecule has 1 fully saturated rings. The van der Waals surface area contributed by atoms with E-state index in [0.717, 1.165) is 36.9 Å². The zero-order valence-electron chi connectivity index (χ0n) is 17.6. The lowest BCUT2D eigenvalue weighted by Gasteiger charge is -2.30. The molecule has 1 saturated carbocycles. The number of phenols is 1. The highest BCUT2D eigenvalue weighted by Gasteiger charge is 2.23. The number of aromatic nitrogens is 1. The highest BCUT2D eigenvalue weighted by atomic mass is 32.1. The Morgan fingerprint density at radius 1 is 0.931 bits per heavy atom. The molecule has 1 aliphatic carbocycles. The van der Waals surface area contributed by atoms with E-state index < -0.39 is 0 Å². The number of aryl methyl sites for hydroxylation is 1. The van der Waals surface area contributed by atoms with E-state index in [1.807, 2.05) is 26.1 Å². The van der Waals surface area contributed by atoms with Gasteiger partial charge in [-0.25, -0.2) is 5.43 Å². The SMILES string of the molecule is CC.Cc1ccc(NNC2CCC(c3ccnc4cc(O)ccc34)CC2)cc1.S. The standard InChI is InChI=1S/C22H25N3O.C2H6.H2S/c1-15-2-6-17(7-3-15)24-25-18-8-4-16(5-9-18)20-12-13-23-22-14-19(26)10-11-21(20)22;1-2;/h2-3,6-7,10-14,16,18,24-26H,4-5,8-9H2,1H3;1-2H3;1H2. The number of pyridine rings is 1. The topological polar surface area (TPSA) is 57.2 Å². The van der Waals surface area contributed by atoms with Crippen LogP contribution in [0.5, 0.6) is 5.75 Å². The Hall–Kier alpha value is -2.24. The number of nitrogens with zero attached hydrogens (tertiary/aromatic N) is 1. The minimum absolute atomic E-state index is 0. The summed E-state index contributed by atoms with van der Waals surface area (Å²) in [6, 6.07) is 16.6. The molecule has 0 bridgehead atoms. The molecule has 0 atom stereocenters. The number of rotatable bonds is 4. The van der Waals surface area contributed by atoms with Crippen LogP contribution in [0.4, 0.5) is 5.69 Å². The van der Waals surface area contributed by atoms with Gasteiger partial charge >= 0.3 is 0 Å². The minimum atomic E-state index is 0. The molecular formula is C24H33N3OS. The van der Waals surface area contributed by atoms with Crippen LogP contribution in [0, 0.1) is 6.92 Å². The Kier molecular flexibility index (Phi) is 8.80. The van der Waals surface area contributed by atoms with Crippen molar-refractivity contribution in [2.75, 3.05) is 5.43 Å². The monoisotopic (exact) mass is 411 g/mol. The fourth-order valence-electron chi connectivity index (χ4n) is 3.89. The van der Waals surface area contributed by atoms with E-state index in [0.29, 0.717) is 12.0 Å². The van der Waals surface area contributed by atoms with Crippen molar-refractivity contribution in [3.8, 4) is 5.75 Å². The molecule has 0 radical (unpaired) electrons. The Labute approximate surface area is 181 Å². The second-order valence-electron chi connectivity index (χ2n) is 7.29. The number of hydrazine groups is 1. The number of anilines is 1. The highest BCUT2D eigenvalue weighted by molar-refractivity contribution is 7.59. The van der Waals surface area contributed by atoms with E-state index in [9.17, 15) is 5.11 Å². The van der Waals surface area contributed by atoms with Gasteiger partial charge in [-0.05, 0) is 74.4 Å². The summed E-state index contributed by atoms with van der Waals surface area (Å²) in [7, 11) is 0. The quantitative estimate of drug-likeness (QED) is 0.459. The molecular weight excluding hydrogens is 378 g/mol. The molecule has 0 saturated heterocycles. The van der Waals surface area contributed by atoms with Gasteiger partial charge in [-0.2, -0.15) is 13.5 Å². The molecule has 0 unspecified atom stereocenters. The predicted octanol–water partition coefficient (Wildman–Crippen LogP) is 6.03. The third kappa shape index (κ3) is 5.87. The van der Waals surface area contributed by atoms with Crippen LogP contribution in [-0.2, 0) is 0 Å². The summed E-state index contributed by atoms with van der Waals surface area (Å²) in [5, 5.41) is 10.8. The Bertz CT molecular complexity index is 890. The Morgan fingerprint density at radius 2 is 1.62 bits per heavy atom. The van der Waals surface area contributed by atoms with Crippen LogP contribution in [0.25, 0.3) is 10.9 Å². The first-order valence-corrected chi connectivity index (χ1v) is 10.3.